The molecule has 0 N–H and O–H groups in total. The summed E-state index contributed by atoms with van der Waals surface area (Å²) in [5, 5.41) is -0.128. The molecule has 1 aliphatic carbocycles. The first-order valence-electron chi connectivity index (χ1n) is 7.35. The summed E-state index contributed by atoms with van der Waals surface area (Å²) in [5.41, 5.74) is 1.81. The molecule has 2 aromatic heterocycles. The number of halogens is 2. The average Bonchev–Trinajstić information content (AvgIpc) is 3.21. The molecule has 0 radical (unpaired) electrons. The quantitative estimate of drug-likeness (QED) is 0.746. The van der Waals surface area contributed by atoms with Gasteiger partial charge in [0.2, 0.25) is 0 Å². The molecule has 2 aromatic rings. The molecule has 0 aliphatic heterocycles. The van der Waals surface area contributed by atoms with Crippen LogP contribution in [-0.2, 0) is 6.54 Å². The first-order chi connectivity index (χ1) is 9.97. The van der Waals surface area contributed by atoms with E-state index in [4.69, 9.17) is 11.6 Å². The number of imidazole rings is 1. The van der Waals surface area contributed by atoms with E-state index in [1.807, 2.05) is 19.2 Å². The first-order valence-corrected chi connectivity index (χ1v) is 8.58. The number of nitrogens with zero attached hydrogens (tertiary/aromatic N) is 4. The molecule has 4 nitrogen and oxygen atoms in total. The third-order valence-electron chi connectivity index (χ3n) is 4.20. The average molecular weight is 372 g/mol. The predicted molar refractivity (Wildman–Crippen MR) is 89.7 cm³/mol. The molecular weight excluding hydrogens is 352 g/mol. The van der Waals surface area contributed by atoms with Gasteiger partial charge in [-0.1, -0.05) is 0 Å². The lowest BCUT2D eigenvalue weighted by Gasteiger charge is -2.25. The number of alkyl halides is 1. The van der Waals surface area contributed by atoms with Crippen molar-refractivity contribution < 1.29 is 0 Å². The van der Waals surface area contributed by atoms with Crippen molar-refractivity contribution in [3.8, 4) is 0 Å². The van der Waals surface area contributed by atoms with Gasteiger partial charge in [-0.05, 0) is 55.7 Å². The Balaban J connectivity index is 1.96. The SMILES string of the molecule is CC(Cl)c1nc2cc(Br)cnc2n1CC(C)N(C)C1CC1. The number of rotatable bonds is 5. The summed E-state index contributed by atoms with van der Waals surface area (Å²) in [4.78, 5) is 11.7. The summed E-state index contributed by atoms with van der Waals surface area (Å²) in [6, 6.07) is 3.18. The van der Waals surface area contributed by atoms with E-state index in [9.17, 15) is 0 Å². The molecule has 114 valence electrons. The van der Waals surface area contributed by atoms with Crippen molar-refractivity contribution in [1.29, 1.82) is 0 Å². The first kappa shape index (κ1) is 15.3. The molecule has 21 heavy (non-hydrogen) atoms. The molecule has 0 amide bonds. The van der Waals surface area contributed by atoms with E-state index in [0.29, 0.717) is 6.04 Å². The minimum absolute atomic E-state index is 0.128. The fourth-order valence-electron chi connectivity index (χ4n) is 2.72. The fourth-order valence-corrected chi connectivity index (χ4v) is 3.21. The fraction of sp³-hybridized carbons (Fsp3) is 0.600. The summed E-state index contributed by atoms with van der Waals surface area (Å²) in [6.45, 7) is 5.08. The smallest absolute Gasteiger partial charge is 0.160 e. The van der Waals surface area contributed by atoms with Crippen molar-refractivity contribution in [3.05, 3.63) is 22.6 Å². The second kappa shape index (κ2) is 5.86. The summed E-state index contributed by atoms with van der Waals surface area (Å²) in [5.74, 6) is 0.897. The van der Waals surface area contributed by atoms with Crippen molar-refractivity contribution in [2.24, 2.45) is 0 Å². The number of likely N-dealkylation sites (N-methyl/N-ethyl adjacent to an activating group) is 1. The Kier molecular flexibility index (Phi) is 4.26. The number of fused-ring (bicyclic) bond motifs is 1. The Morgan fingerprint density at radius 3 is 2.81 bits per heavy atom. The van der Waals surface area contributed by atoms with Crippen molar-refractivity contribution in [3.63, 3.8) is 0 Å². The van der Waals surface area contributed by atoms with Gasteiger partial charge in [-0.25, -0.2) is 9.97 Å². The van der Waals surface area contributed by atoms with Crippen LogP contribution in [0.2, 0.25) is 0 Å². The number of hydrogen-bond donors (Lipinski definition) is 0. The van der Waals surface area contributed by atoms with Gasteiger partial charge in [0, 0.05) is 29.3 Å². The highest BCUT2D eigenvalue weighted by atomic mass is 79.9. The number of hydrogen-bond acceptors (Lipinski definition) is 3. The maximum atomic E-state index is 6.32. The van der Waals surface area contributed by atoms with Crippen LogP contribution in [0.25, 0.3) is 11.2 Å². The normalized spacial score (nSPS) is 18.4. The van der Waals surface area contributed by atoms with Gasteiger partial charge in [-0.15, -0.1) is 11.6 Å². The third kappa shape index (κ3) is 3.10. The van der Waals surface area contributed by atoms with Gasteiger partial charge in [0.15, 0.2) is 5.65 Å². The van der Waals surface area contributed by atoms with Crippen LogP contribution in [0.15, 0.2) is 16.7 Å². The summed E-state index contributed by atoms with van der Waals surface area (Å²) in [7, 11) is 2.20. The van der Waals surface area contributed by atoms with Gasteiger partial charge in [-0.2, -0.15) is 0 Å². The minimum atomic E-state index is -0.128. The van der Waals surface area contributed by atoms with Crippen LogP contribution in [-0.4, -0.2) is 38.6 Å². The molecule has 0 bridgehead atoms. The molecule has 2 unspecified atom stereocenters. The molecule has 0 saturated heterocycles. The molecule has 6 heteroatoms. The van der Waals surface area contributed by atoms with Crippen LogP contribution in [0, 0.1) is 0 Å². The topological polar surface area (TPSA) is 34.0 Å². The molecular formula is C15H20BrClN4. The summed E-state index contributed by atoms with van der Waals surface area (Å²) >= 11 is 9.77. The van der Waals surface area contributed by atoms with E-state index in [2.05, 4.69) is 49.3 Å². The van der Waals surface area contributed by atoms with Crippen molar-refractivity contribution in [1.82, 2.24) is 19.4 Å². The Morgan fingerprint density at radius 2 is 2.19 bits per heavy atom. The van der Waals surface area contributed by atoms with Gasteiger partial charge in [-0.3, -0.25) is 4.90 Å². The van der Waals surface area contributed by atoms with Crippen LogP contribution in [0.4, 0.5) is 0 Å². The zero-order chi connectivity index (χ0) is 15.1. The van der Waals surface area contributed by atoms with Crippen LogP contribution in [0.1, 0.15) is 37.9 Å². The maximum Gasteiger partial charge on any atom is 0.160 e. The standard InChI is InChI=1S/C15H20BrClN4/c1-9(20(3)12-4-5-12)8-21-14(10(2)17)19-13-6-11(16)7-18-15(13)21/h6-7,9-10,12H,4-5,8H2,1-3H3. The molecule has 0 spiro atoms. The van der Waals surface area contributed by atoms with E-state index >= 15 is 0 Å². The predicted octanol–water partition coefficient (Wildman–Crippen LogP) is 3.98. The monoisotopic (exact) mass is 370 g/mol. The van der Waals surface area contributed by atoms with E-state index in [1.165, 1.54) is 12.8 Å². The second-order valence-corrected chi connectivity index (χ2v) is 7.51. The van der Waals surface area contributed by atoms with E-state index in [-0.39, 0.29) is 5.38 Å². The number of aromatic nitrogens is 3. The molecule has 2 heterocycles. The number of pyridine rings is 1. The van der Waals surface area contributed by atoms with Crippen molar-refractivity contribution in [2.75, 3.05) is 7.05 Å². The molecule has 1 saturated carbocycles. The van der Waals surface area contributed by atoms with Crippen molar-refractivity contribution >= 4 is 38.7 Å². The summed E-state index contributed by atoms with van der Waals surface area (Å²) < 4.78 is 3.11. The van der Waals surface area contributed by atoms with Gasteiger partial charge in [0.05, 0.1) is 5.38 Å². The zero-order valence-corrected chi connectivity index (χ0v) is 14.9. The second-order valence-electron chi connectivity index (χ2n) is 5.94. The van der Waals surface area contributed by atoms with Crippen molar-refractivity contribution in [2.45, 2.75) is 50.7 Å². The van der Waals surface area contributed by atoms with Gasteiger partial charge in [0.25, 0.3) is 0 Å². The maximum absolute atomic E-state index is 6.32. The lowest BCUT2D eigenvalue weighted by atomic mass is 10.2. The third-order valence-corrected chi connectivity index (χ3v) is 4.83. The lowest BCUT2D eigenvalue weighted by molar-refractivity contribution is 0.225. The summed E-state index contributed by atoms with van der Waals surface area (Å²) in [6.07, 6.45) is 4.45. The van der Waals surface area contributed by atoms with Crippen LogP contribution < -0.4 is 0 Å². The zero-order valence-electron chi connectivity index (χ0n) is 12.6. The van der Waals surface area contributed by atoms with Gasteiger partial charge in [0.1, 0.15) is 11.3 Å². The highest BCUT2D eigenvalue weighted by molar-refractivity contribution is 9.10. The highest BCUT2D eigenvalue weighted by Gasteiger charge is 2.30. The molecule has 2 atom stereocenters. The molecule has 0 aromatic carbocycles. The van der Waals surface area contributed by atoms with Crippen LogP contribution >= 0.6 is 27.5 Å². The molecule has 1 fully saturated rings. The van der Waals surface area contributed by atoms with Crippen LogP contribution in [0.5, 0.6) is 0 Å². The minimum Gasteiger partial charge on any atom is -0.310 e. The molecule has 3 rings (SSSR count). The van der Waals surface area contributed by atoms with Crippen LogP contribution in [0.3, 0.4) is 0 Å². The Labute approximate surface area is 138 Å². The Morgan fingerprint density at radius 1 is 1.48 bits per heavy atom. The Hall–Kier alpha value is -0.650. The van der Waals surface area contributed by atoms with E-state index in [1.54, 1.807) is 0 Å². The van der Waals surface area contributed by atoms with E-state index in [0.717, 1.165) is 34.0 Å². The lowest BCUT2D eigenvalue weighted by Crippen LogP contribution is -2.35. The van der Waals surface area contributed by atoms with E-state index < -0.39 is 0 Å². The largest absolute Gasteiger partial charge is 0.310 e. The Bertz CT molecular complexity index is 650. The van der Waals surface area contributed by atoms with Gasteiger partial charge < -0.3 is 4.57 Å². The highest BCUT2D eigenvalue weighted by Crippen LogP contribution is 2.29. The van der Waals surface area contributed by atoms with Gasteiger partial charge >= 0.3 is 0 Å². The molecule has 1 aliphatic rings.